The van der Waals surface area contributed by atoms with E-state index in [1.54, 1.807) is 12.4 Å². The molecule has 0 fully saturated rings. The molecule has 0 spiro atoms. The van der Waals surface area contributed by atoms with Crippen LogP contribution in [0.3, 0.4) is 0 Å². The van der Waals surface area contributed by atoms with Gasteiger partial charge in [0.2, 0.25) is 0 Å². The Balaban J connectivity index is 2.01. The van der Waals surface area contributed by atoms with Gasteiger partial charge in [0.15, 0.2) is 0 Å². The van der Waals surface area contributed by atoms with Crippen LogP contribution in [0.1, 0.15) is 19.4 Å². The Morgan fingerprint density at radius 1 is 1.21 bits per heavy atom. The Labute approximate surface area is 126 Å². The van der Waals surface area contributed by atoms with Crippen molar-refractivity contribution in [3.63, 3.8) is 0 Å². The van der Waals surface area contributed by atoms with Gasteiger partial charge in [0.05, 0.1) is 3.57 Å². The summed E-state index contributed by atoms with van der Waals surface area (Å²) >= 11 is 2.22. The lowest BCUT2D eigenvalue weighted by molar-refractivity contribution is 0.437. The second-order valence-corrected chi connectivity index (χ2v) is 5.60. The largest absolute Gasteiger partial charge is 0.423 e. The lowest BCUT2D eigenvalue weighted by atomic mass is 10.3. The Morgan fingerprint density at radius 3 is 2.53 bits per heavy atom. The lowest BCUT2D eigenvalue weighted by Gasteiger charge is -2.08. The van der Waals surface area contributed by atoms with Gasteiger partial charge in [0.25, 0.3) is 0 Å². The van der Waals surface area contributed by atoms with Gasteiger partial charge in [-0.1, -0.05) is 26.0 Å². The van der Waals surface area contributed by atoms with Crippen molar-refractivity contribution in [3.05, 3.63) is 45.8 Å². The maximum absolute atomic E-state index is 5.64. The number of nitrogens with zero attached hydrogens (tertiary/aromatic N) is 2. The number of hydrogen-bond acceptors (Lipinski definition) is 4. The molecule has 0 bridgehead atoms. The standard InChI is InChI=1S/C14H16IN3O/c1-10(2)16-7-11-8-17-14(18-9-11)19-13-6-4-3-5-12(13)15/h3-6,8-10,16H,7H2,1-2H3. The van der Waals surface area contributed by atoms with E-state index in [1.165, 1.54) is 0 Å². The smallest absolute Gasteiger partial charge is 0.321 e. The Kier molecular flexibility index (Phi) is 5.09. The Hall–Kier alpha value is -1.21. The van der Waals surface area contributed by atoms with Crippen molar-refractivity contribution in [2.24, 2.45) is 0 Å². The van der Waals surface area contributed by atoms with Crippen LogP contribution in [-0.4, -0.2) is 16.0 Å². The normalized spacial score (nSPS) is 10.7. The van der Waals surface area contributed by atoms with E-state index in [0.717, 1.165) is 21.4 Å². The highest BCUT2D eigenvalue weighted by Gasteiger charge is 2.04. The minimum atomic E-state index is 0.373. The highest BCUT2D eigenvalue weighted by atomic mass is 127. The number of benzene rings is 1. The fourth-order valence-corrected chi connectivity index (χ4v) is 1.93. The summed E-state index contributed by atoms with van der Waals surface area (Å²) in [5.41, 5.74) is 1.05. The van der Waals surface area contributed by atoms with Gasteiger partial charge in [-0.25, -0.2) is 9.97 Å². The number of ether oxygens (including phenoxy) is 1. The summed E-state index contributed by atoms with van der Waals surface area (Å²) in [4.78, 5) is 8.43. The summed E-state index contributed by atoms with van der Waals surface area (Å²) in [5, 5.41) is 3.32. The Morgan fingerprint density at radius 2 is 1.89 bits per heavy atom. The van der Waals surface area contributed by atoms with Crippen molar-refractivity contribution in [3.8, 4) is 11.8 Å². The van der Waals surface area contributed by atoms with Gasteiger partial charge < -0.3 is 10.1 Å². The van der Waals surface area contributed by atoms with Crippen molar-refractivity contribution in [1.82, 2.24) is 15.3 Å². The van der Waals surface area contributed by atoms with Crippen LogP contribution in [0.25, 0.3) is 0 Å². The molecular weight excluding hydrogens is 353 g/mol. The first-order chi connectivity index (χ1) is 9.15. The van der Waals surface area contributed by atoms with E-state index in [9.17, 15) is 0 Å². The molecule has 1 aromatic heterocycles. The quantitative estimate of drug-likeness (QED) is 0.821. The molecule has 0 aliphatic rings. The molecule has 19 heavy (non-hydrogen) atoms. The Bertz CT molecular complexity index is 528. The highest BCUT2D eigenvalue weighted by Crippen LogP contribution is 2.23. The molecule has 0 atom stereocenters. The molecule has 0 saturated carbocycles. The van der Waals surface area contributed by atoms with E-state index in [2.05, 4.69) is 51.7 Å². The molecule has 0 radical (unpaired) electrons. The second-order valence-electron chi connectivity index (χ2n) is 4.44. The van der Waals surface area contributed by atoms with E-state index in [0.29, 0.717) is 12.1 Å². The molecule has 2 aromatic rings. The first kappa shape index (κ1) is 14.2. The average Bonchev–Trinajstić information content (AvgIpc) is 2.40. The maximum atomic E-state index is 5.64. The predicted molar refractivity (Wildman–Crippen MR) is 83.2 cm³/mol. The molecule has 1 aromatic carbocycles. The van der Waals surface area contributed by atoms with Crippen LogP contribution in [0.15, 0.2) is 36.7 Å². The van der Waals surface area contributed by atoms with Crippen molar-refractivity contribution in [2.45, 2.75) is 26.4 Å². The van der Waals surface area contributed by atoms with Gasteiger partial charge in [-0.15, -0.1) is 0 Å². The third-order valence-corrected chi connectivity index (χ3v) is 3.33. The van der Waals surface area contributed by atoms with Crippen LogP contribution in [-0.2, 0) is 6.54 Å². The van der Waals surface area contributed by atoms with Crippen LogP contribution in [0, 0.1) is 3.57 Å². The van der Waals surface area contributed by atoms with E-state index in [-0.39, 0.29) is 0 Å². The third-order valence-electron chi connectivity index (χ3n) is 2.43. The van der Waals surface area contributed by atoms with Gasteiger partial charge in [-0.2, -0.15) is 0 Å². The van der Waals surface area contributed by atoms with Crippen LogP contribution < -0.4 is 10.1 Å². The monoisotopic (exact) mass is 369 g/mol. The predicted octanol–water partition coefficient (Wildman–Crippen LogP) is 3.37. The van der Waals surface area contributed by atoms with E-state index < -0.39 is 0 Å². The highest BCUT2D eigenvalue weighted by molar-refractivity contribution is 14.1. The molecule has 1 heterocycles. The lowest BCUT2D eigenvalue weighted by Crippen LogP contribution is -2.21. The zero-order chi connectivity index (χ0) is 13.7. The molecule has 1 N–H and O–H groups in total. The minimum Gasteiger partial charge on any atom is -0.423 e. The van der Waals surface area contributed by atoms with Crippen LogP contribution in [0.4, 0.5) is 0 Å². The van der Waals surface area contributed by atoms with Crippen LogP contribution in [0.5, 0.6) is 11.8 Å². The molecule has 0 aliphatic carbocycles. The van der Waals surface area contributed by atoms with E-state index in [1.807, 2.05) is 24.3 Å². The molecule has 4 nitrogen and oxygen atoms in total. The number of halogens is 1. The first-order valence-corrected chi connectivity index (χ1v) is 7.19. The van der Waals surface area contributed by atoms with Gasteiger partial charge in [0.1, 0.15) is 5.75 Å². The summed E-state index contributed by atoms with van der Waals surface area (Å²) < 4.78 is 6.68. The number of rotatable bonds is 5. The fourth-order valence-electron chi connectivity index (χ4n) is 1.43. The topological polar surface area (TPSA) is 47.0 Å². The van der Waals surface area contributed by atoms with Gasteiger partial charge in [-0.05, 0) is 34.7 Å². The number of para-hydroxylation sites is 1. The summed E-state index contributed by atoms with van der Waals surface area (Å²) in [6, 6.07) is 8.60. The maximum Gasteiger partial charge on any atom is 0.321 e. The van der Waals surface area contributed by atoms with Crippen molar-refractivity contribution in [2.75, 3.05) is 0 Å². The summed E-state index contributed by atoms with van der Waals surface area (Å²) in [6.45, 7) is 4.98. The minimum absolute atomic E-state index is 0.373. The van der Waals surface area contributed by atoms with Gasteiger partial charge in [-0.3, -0.25) is 0 Å². The van der Waals surface area contributed by atoms with Crippen molar-refractivity contribution >= 4 is 22.6 Å². The summed E-state index contributed by atoms with van der Waals surface area (Å²) in [6.07, 6.45) is 3.57. The van der Waals surface area contributed by atoms with Crippen LogP contribution >= 0.6 is 22.6 Å². The fraction of sp³-hybridized carbons (Fsp3) is 0.286. The van der Waals surface area contributed by atoms with Gasteiger partial charge >= 0.3 is 6.01 Å². The first-order valence-electron chi connectivity index (χ1n) is 6.12. The number of aromatic nitrogens is 2. The summed E-state index contributed by atoms with van der Waals surface area (Å²) in [7, 11) is 0. The third kappa shape index (κ3) is 4.43. The molecule has 0 amide bonds. The second kappa shape index (κ2) is 6.81. The van der Waals surface area contributed by atoms with Crippen molar-refractivity contribution < 1.29 is 4.74 Å². The SMILES string of the molecule is CC(C)NCc1cnc(Oc2ccccc2I)nc1. The molecule has 0 unspecified atom stereocenters. The zero-order valence-electron chi connectivity index (χ0n) is 10.9. The molecular formula is C14H16IN3O. The molecule has 2 rings (SSSR count). The van der Waals surface area contributed by atoms with Gasteiger partial charge in [0, 0.05) is 30.5 Å². The molecule has 5 heteroatoms. The zero-order valence-corrected chi connectivity index (χ0v) is 13.1. The number of hydrogen-bond donors (Lipinski definition) is 1. The van der Waals surface area contributed by atoms with E-state index in [4.69, 9.17) is 4.74 Å². The van der Waals surface area contributed by atoms with E-state index >= 15 is 0 Å². The summed E-state index contributed by atoms with van der Waals surface area (Å²) in [5.74, 6) is 0.774. The van der Waals surface area contributed by atoms with Crippen LogP contribution in [0.2, 0.25) is 0 Å². The molecule has 0 saturated heterocycles. The number of nitrogens with one attached hydrogen (secondary N) is 1. The molecule has 100 valence electrons. The molecule has 0 aliphatic heterocycles. The average molecular weight is 369 g/mol. The van der Waals surface area contributed by atoms with Crippen molar-refractivity contribution in [1.29, 1.82) is 0 Å².